The fourth-order valence-electron chi connectivity index (χ4n) is 2.58. The largest absolute Gasteiger partial charge is 0.392 e. The molecule has 5 nitrogen and oxygen atoms in total. The van der Waals surface area contributed by atoms with Crippen molar-refractivity contribution in [3.8, 4) is 5.69 Å². The number of carbonyl (C=O) groups excluding carboxylic acids is 1. The summed E-state index contributed by atoms with van der Waals surface area (Å²) in [6.07, 6.45) is 3.84. The quantitative estimate of drug-likeness (QED) is 0.903. The van der Waals surface area contributed by atoms with E-state index in [0.29, 0.717) is 12.0 Å². The standard InChI is InChI=1S/C16H19N3O2/c1-16(2)13(10-14(16)20)18-15(21)11-4-6-12(7-5-11)19-9-3-8-17-19/h3-9,13-14,20H,10H2,1-2H3,(H,18,21). The van der Waals surface area contributed by atoms with Crippen LogP contribution in [0.2, 0.25) is 0 Å². The Morgan fingerprint density at radius 1 is 1.38 bits per heavy atom. The molecule has 1 aliphatic carbocycles. The van der Waals surface area contributed by atoms with Gasteiger partial charge >= 0.3 is 0 Å². The molecule has 1 amide bonds. The molecule has 110 valence electrons. The van der Waals surface area contributed by atoms with Crippen molar-refractivity contribution in [1.82, 2.24) is 15.1 Å². The van der Waals surface area contributed by atoms with E-state index >= 15 is 0 Å². The van der Waals surface area contributed by atoms with Gasteiger partial charge in [-0.15, -0.1) is 0 Å². The van der Waals surface area contributed by atoms with Crippen LogP contribution in [0.1, 0.15) is 30.6 Å². The zero-order valence-corrected chi connectivity index (χ0v) is 12.2. The average Bonchev–Trinajstić information content (AvgIpc) is 3.01. The van der Waals surface area contributed by atoms with Crippen LogP contribution in [0.4, 0.5) is 0 Å². The Morgan fingerprint density at radius 3 is 2.62 bits per heavy atom. The predicted octanol–water partition coefficient (Wildman–Crippen LogP) is 1.76. The summed E-state index contributed by atoms with van der Waals surface area (Å²) in [5.74, 6) is -0.105. The molecule has 0 radical (unpaired) electrons. The molecule has 1 fully saturated rings. The number of benzene rings is 1. The molecule has 0 spiro atoms. The van der Waals surface area contributed by atoms with Crippen molar-refractivity contribution in [2.24, 2.45) is 5.41 Å². The van der Waals surface area contributed by atoms with Crippen LogP contribution in [0.3, 0.4) is 0 Å². The summed E-state index contributed by atoms with van der Waals surface area (Å²) in [5.41, 5.74) is 1.27. The summed E-state index contributed by atoms with van der Waals surface area (Å²) in [4.78, 5) is 12.2. The van der Waals surface area contributed by atoms with E-state index in [-0.39, 0.29) is 23.5 Å². The van der Waals surface area contributed by atoms with Gasteiger partial charge in [0.1, 0.15) is 0 Å². The minimum absolute atomic E-state index is 0.0193. The van der Waals surface area contributed by atoms with Crippen LogP contribution in [0.15, 0.2) is 42.7 Å². The third-order valence-electron chi connectivity index (χ3n) is 4.42. The molecule has 2 N–H and O–H groups in total. The van der Waals surface area contributed by atoms with Gasteiger partial charge in [-0.3, -0.25) is 4.79 Å². The Hall–Kier alpha value is -2.14. The topological polar surface area (TPSA) is 67.2 Å². The number of nitrogens with zero attached hydrogens (tertiary/aromatic N) is 2. The van der Waals surface area contributed by atoms with Crippen LogP contribution in [-0.4, -0.2) is 32.9 Å². The third kappa shape index (κ3) is 2.45. The molecule has 1 aliphatic rings. The highest BCUT2D eigenvalue weighted by Gasteiger charge is 2.47. The van der Waals surface area contributed by atoms with E-state index in [2.05, 4.69) is 10.4 Å². The lowest BCUT2D eigenvalue weighted by atomic mass is 9.64. The Balaban J connectivity index is 1.69. The highest BCUT2D eigenvalue weighted by atomic mass is 16.3. The normalized spacial score (nSPS) is 23.4. The second-order valence-corrected chi connectivity index (χ2v) is 6.10. The lowest BCUT2D eigenvalue weighted by molar-refractivity contribution is -0.0689. The van der Waals surface area contributed by atoms with Gasteiger partial charge in [0.25, 0.3) is 5.91 Å². The molecule has 5 heteroatoms. The van der Waals surface area contributed by atoms with Crippen molar-refractivity contribution in [3.63, 3.8) is 0 Å². The molecule has 0 bridgehead atoms. The molecule has 2 atom stereocenters. The van der Waals surface area contributed by atoms with Crippen molar-refractivity contribution in [1.29, 1.82) is 0 Å². The van der Waals surface area contributed by atoms with Crippen LogP contribution in [-0.2, 0) is 0 Å². The molecule has 0 saturated heterocycles. The molecule has 1 heterocycles. The first kappa shape index (κ1) is 13.8. The lowest BCUT2D eigenvalue weighted by Crippen LogP contribution is -2.61. The Labute approximate surface area is 123 Å². The molecule has 0 aliphatic heterocycles. The van der Waals surface area contributed by atoms with E-state index in [9.17, 15) is 9.90 Å². The number of hydrogen-bond donors (Lipinski definition) is 2. The van der Waals surface area contributed by atoms with E-state index < -0.39 is 0 Å². The maximum atomic E-state index is 12.2. The lowest BCUT2D eigenvalue weighted by Gasteiger charge is -2.49. The fraction of sp³-hybridized carbons (Fsp3) is 0.375. The van der Waals surface area contributed by atoms with Gasteiger partial charge in [0, 0.05) is 29.4 Å². The van der Waals surface area contributed by atoms with Crippen molar-refractivity contribution >= 4 is 5.91 Å². The summed E-state index contributed by atoms with van der Waals surface area (Å²) in [7, 11) is 0. The number of aliphatic hydroxyl groups excluding tert-OH is 1. The monoisotopic (exact) mass is 285 g/mol. The van der Waals surface area contributed by atoms with Gasteiger partial charge < -0.3 is 10.4 Å². The van der Waals surface area contributed by atoms with Crippen LogP contribution >= 0.6 is 0 Å². The van der Waals surface area contributed by atoms with E-state index in [1.165, 1.54) is 0 Å². The molecule has 1 aromatic carbocycles. The molecule has 2 unspecified atom stereocenters. The van der Waals surface area contributed by atoms with E-state index in [1.54, 1.807) is 23.0 Å². The van der Waals surface area contributed by atoms with E-state index in [4.69, 9.17) is 0 Å². The first-order valence-electron chi connectivity index (χ1n) is 7.07. The van der Waals surface area contributed by atoms with Crippen molar-refractivity contribution in [3.05, 3.63) is 48.3 Å². The third-order valence-corrected chi connectivity index (χ3v) is 4.42. The molecule has 3 rings (SSSR count). The molecule has 2 aromatic rings. The number of nitrogens with one attached hydrogen (secondary N) is 1. The van der Waals surface area contributed by atoms with Gasteiger partial charge in [-0.1, -0.05) is 13.8 Å². The molecule has 1 aromatic heterocycles. The summed E-state index contributed by atoms with van der Waals surface area (Å²) < 4.78 is 1.74. The Morgan fingerprint density at radius 2 is 2.10 bits per heavy atom. The summed E-state index contributed by atoms with van der Waals surface area (Å²) >= 11 is 0. The predicted molar refractivity (Wildman–Crippen MR) is 79.2 cm³/mol. The smallest absolute Gasteiger partial charge is 0.251 e. The van der Waals surface area contributed by atoms with Gasteiger partial charge in [0.15, 0.2) is 0 Å². The number of carbonyl (C=O) groups is 1. The maximum Gasteiger partial charge on any atom is 0.251 e. The van der Waals surface area contributed by atoms with Gasteiger partial charge in [-0.25, -0.2) is 4.68 Å². The first-order chi connectivity index (χ1) is 9.98. The van der Waals surface area contributed by atoms with Crippen LogP contribution in [0.25, 0.3) is 5.69 Å². The summed E-state index contributed by atoms with van der Waals surface area (Å²) in [6, 6.07) is 9.17. The SMILES string of the molecule is CC1(C)C(O)CC1NC(=O)c1ccc(-n2cccn2)cc1. The van der Waals surface area contributed by atoms with E-state index in [1.807, 2.05) is 38.2 Å². The van der Waals surface area contributed by atoms with Gasteiger partial charge in [0.05, 0.1) is 11.8 Å². The summed E-state index contributed by atoms with van der Waals surface area (Å²) in [5, 5.41) is 16.8. The number of hydrogen-bond acceptors (Lipinski definition) is 3. The number of amides is 1. The van der Waals surface area contributed by atoms with E-state index in [0.717, 1.165) is 5.69 Å². The fourth-order valence-corrected chi connectivity index (χ4v) is 2.58. The average molecular weight is 285 g/mol. The van der Waals surface area contributed by atoms with Gasteiger partial charge in [0.2, 0.25) is 0 Å². The first-order valence-corrected chi connectivity index (χ1v) is 7.07. The van der Waals surface area contributed by atoms with Crippen LogP contribution in [0.5, 0.6) is 0 Å². The second-order valence-electron chi connectivity index (χ2n) is 6.10. The number of aromatic nitrogens is 2. The molecule has 1 saturated carbocycles. The minimum Gasteiger partial charge on any atom is -0.392 e. The number of rotatable bonds is 3. The minimum atomic E-state index is -0.343. The van der Waals surface area contributed by atoms with Crippen LogP contribution in [0, 0.1) is 5.41 Å². The molecule has 21 heavy (non-hydrogen) atoms. The van der Waals surface area contributed by atoms with Gasteiger partial charge in [-0.05, 0) is 36.8 Å². The highest BCUT2D eigenvalue weighted by Crippen LogP contribution is 2.40. The zero-order chi connectivity index (χ0) is 15.0. The molecular weight excluding hydrogens is 266 g/mol. The zero-order valence-electron chi connectivity index (χ0n) is 12.2. The summed E-state index contributed by atoms with van der Waals surface area (Å²) in [6.45, 7) is 3.93. The molecular formula is C16H19N3O2. The van der Waals surface area contributed by atoms with Crippen LogP contribution < -0.4 is 5.32 Å². The van der Waals surface area contributed by atoms with Crippen molar-refractivity contribution in [2.45, 2.75) is 32.4 Å². The number of aliphatic hydroxyl groups is 1. The Bertz CT molecular complexity index is 632. The van der Waals surface area contributed by atoms with Gasteiger partial charge in [-0.2, -0.15) is 5.10 Å². The maximum absolute atomic E-state index is 12.2. The van der Waals surface area contributed by atoms with Crippen molar-refractivity contribution in [2.75, 3.05) is 0 Å². The highest BCUT2D eigenvalue weighted by molar-refractivity contribution is 5.94. The second kappa shape index (κ2) is 5.00. The van der Waals surface area contributed by atoms with Crippen molar-refractivity contribution < 1.29 is 9.90 Å². The Kier molecular flexibility index (Phi) is 3.29.